The van der Waals surface area contributed by atoms with Crippen LogP contribution in [0.2, 0.25) is 10.0 Å². The van der Waals surface area contributed by atoms with Gasteiger partial charge >= 0.3 is 0 Å². The van der Waals surface area contributed by atoms with E-state index in [9.17, 15) is 9.59 Å². The maximum absolute atomic E-state index is 13.1. The highest BCUT2D eigenvalue weighted by Gasteiger charge is 2.30. The molecule has 0 unspecified atom stereocenters. The summed E-state index contributed by atoms with van der Waals surface area (Å²) in [5, 5.41) is 4.04. The molecule has 0 fully saturated rings. The molecule has 2 aromatic rings. The molecule has 2 aromatic carbocycles. The van der Waals surface area contributed by atoms with Gasteiger partial charge < -0.3 is 15.0 Å². The van der Waals surface area contributed by atoms with E-state index in [0.29, 0.717) is 22.2 Å². The lowest BCUT2D eigenvalue weighted by molar-refractivity contribution is -0.143. The van der Waals surface area contributed by atoms with E-state index in [0.717, 1.165) is 12.0 Å². The molecule has 2 amide bonds. The summed E-state index contributed by atoms with van der Waals surface area (Å²) >= 11 is 12.3. The number of ether oxygens (including phenoxy) is 1. The topological polar surface area (TPSA) is 58.6 Å². The molecule has 0 spiro atoms. The molecule has 0 aliphatic heterocycles. The van der Waals surface area contributed by atoms with E-state index in [1.807, 2.05) is 39.0 Å². The first-order valence-electron chi connectivity index (χ1n) is 10.1. The molecule has 0 aliphatic rings. The van der Waals surface area contributed by atoms with Gasteiger partial charge in [-0.1, -0.05) is 61.3 Å². The Morgan fingerprint density at radius 3 is 2.43 bits per heavy atom. The average Bonchev–Trinajstić information content (AvgIpc) is 2.73. The Balaban J connectivity index is 2.23. The number of halogens is 2. The molecule has 0 saturated carbocycles. The Morgan fingerprint density at radius 2 is 1.80 bits per heavy atom. The average molecular weight is 451 g/mol. The van der Waals surface area contributed by atoms with Gasteiger partial charge in [0.2, 0.25) is 5.91 Å². The minimum absolute atomic E-state index is 0.0199. The van der Waals surface area contributed by atoms with Crippen molar-refractivity contribution in [2.45, 2.75) is 52.2 Å². The van der Waals surface area contributed by atoms with Crippen LogP contribution in [-0.2, 0) is 16.1 Å². The number of hydrogen-bond acceptors (Lipinski definition) is 3. The van der Waals surface area contributed by atoms with Crippen LogP contribution in [0, 0.1) is 0 Å². The molecule has 1 N–H and O–H groups in total. The van der Waals surface area contributed by atoms with Crippen LogP contribution in [0.15, 0.2) is 48.5 Å². The number of nitrogens with one attached hydrogen (secondary N) is 1. The standard InChI is InChI=1S/C23H28Cl2N2O3/c1-4-16(3)26-23(29)21(5-2)27(14-17-9-6-7-12-20(17)25)22(28)15-30-19-11-8-10-18(24)13-19/h6-13,16,21H,4-5,14-15H2,1-3H3,(H,26,29)/t16-,21+/m1/s1. The zero-order valence-corrected chi connectivity index (χ0v) is 19.0. The first-order valence-corrected chi connectivity index (χ1v) is 10.8. The number of hydrogen-bond donors (Lipinski definition) is 1. The van der Waals surface area contributed by atoms with E-state index in [2.05, 4.69) is 5.32 Å². The predicted molar refractivity (Wildman–Crippen MR) is 121 cm³/mol. The molecule has 2 rings (SSSR count). The number of rotatable bonds is 10. The maximum Gasteiger partial charge on any atom is 0.261 e. The molecule has 162 valence electrons. The fraction of sp³-hybridized carbons (Fsp3) is 0.391. The van der Waals surface area contributed by atoms with Gasteiger partial charge in [-0.3, -0.25) is 9.59 Å². The number of amides is 2. The van der Waals surface area contributed by atoms with Gasteiger partial charge in [-0.15, -0.1) is 0 Å². The van der Waals surface area contributed by atoms with Crippen molar-refractivity contribution in [3.05, 3.63) is 64.1 Å². The van der Waals surface area contributed by atoms with Crippen molar-refractivity contribution in [3.63, 3.8) is 0 Å². The zero-order valence-electron chi connectivity index (χ0n) is 17.5. The summed E-state index contributed by atoms with van der Waals surface area (Å²) in [5.74, 6) is 0.00158. The van der Waals surface area contributed by atoms with Gasteiger partial charge in [-0.2, -0.15) is 0 Å². The molecule has 5 nitrogen and oxygen atoms in total. The Bertz CT molecular complexity index is 860. The first kappa shape index (κ1) is 24.0. The van der Waals surface area contributed by atoms with E-state index in [4.69, 9.17) is 27.9 Å². The van der Waals surface area contributed by atoms with Crippen LogP contribution >= 0.6 is 23.2 Å². The minimum atomic E-state index is -0.634. The molecule has 0 aromatic heterocycles. The highest BCUT2D eigenvalue weighted by Crippen LogP contribution is 2.21. The van der Waals surface area contributed by atoms with Crippen molar-refractivity contribution in [1.82, 2.24) is 10.2 Å². The SMILES string of the molecule is CC[C@@H](C)NC(=O)[C@H](CC)N(Cc1ccccc1Cl)C(=O)COc1cccc(Cl)c1. The summed E-state index contributed by atoms with van der Waals surface area (Å²) < 4.78 is 5.63. The van der Waals surface area contributed by atoms with Crippen LogP contribution in [0.3, 0.4) is 0 Å². The Kier molecular flexibility index (Phi) is 9.47. The van der Waals surface area contributed by atoms with Crippen LogP contribution in [0.25, 0.3) is 0 Å². The lowest BCUT2D eigenvalue weighted by Gasteiger charge is -2.31. The number of carbonyl (C=O) groups excluding carboxylic acids is 2. The summed E-state index contributed by atoms with van der Waals surface area (Å²) in [4.78, 5) is 27.5. The predicted octanol–water partition coefficient (Wildman–Crippen LogP) is 5.09. The fourth-order valence-corrected chi connectivity index (χ4v) is 3.33. The van der Waals surface area contributed by atoms with E-state index in [1.165, 1.54) is 4.90 Å². The van der Waals surface area contributed by atoms with Gasteiger partial charge in [0.1, 0.15) is 11.8 Å². The van der Waals surface area contributed by atoms with Crippen LogP contribution < -0.4 is 10.1 Å². The van der Waals surface area contributed by atoms with Crippen LogP contribution in [0.1, 0.15) is 39.2 Å². The summed E-state index contributed by atoms with van der Waals surface area (Å²) in [6, 6.07) is 13.5. The van der Waals surface area contributed by atoms with E-state index in [-0.39, 0.29) is 31.0 Å². The molecule has 0 saturated heterocycles. The molecule has 30 heavy (non-hydrogen) atoms. The van der Waals surface area contributed by atoms with Gasteiger partial charge in [0.05, 0.1) is 0 Å². The van der Waals surface area contributed by atoms with Crippen LogP contribution in [-0.4, -0.2) is 35.4 Å². The number of nitrogens with zero attached hydrogens (tertiary/aromatic N) is 1. The lowest BCUT2D eigenvalue weighted by Crippen LogP contribution is -2.51. The normalized spacial score (nSPS) is 12.7. The first-order chi connectivity index (χ1) is 14.3. The smallest absolute Gasteiger partial charge is 0.261 e. The third kappa shape index (κ3) is 6.92. The third-order valence-electron chi connectivity index (χ3n) is 4.84. The highest BCUT2D eigenvalue weighted by molar-refractivity contribution is 6.31. The summed E-state index contributed by atoms with van der Waals surface area (Å²) in [6.07, 6.45) is 1.27. The van der Waals surface area contributed by atoms with Crippen molar-refractivity contribution in [2.24, 2.45) is 0 Å². The number of carbonyl (C=O) groups is 2. The zero-order chi connectivity index (χ0) is 22.1. The molecule has 0 bridgehead atoms. The van der Waals surface area contributed by atoms with Gasteiger partial charge in [0, 0.05) is 22.6 Å². The van der Waals surface area contributed by atoms with Crippen molar-refractivity contribution in [3.8, 4) is 5.75 Å². The molecule has 0 heterocycles. The van der Waals surface area contributed by atoms with Crippen molar-refractivity contribution < 1.29 is 14.3 Å². The van der Waals surface area contributed by atoms with E-state index < -0.39 is 6.04 Å². The second kappa shape index (κ2) is 11.8. The van der Waals surface area contributed by atoms with Crippen molar-refractivity contribution in [2.75, 3.05) is 6.61 Å². The van der Waals surface area contributed by atoms with Crippen LogP contribution in [0.5, 0.6) is 5.75 Å². The highest BCUT2D eigenvalue weighted by atomic mass is 35.5. The Hall–Kier alpha value is -2.24. The Labute approximate surface area is 188 Å². The summed E-state index contributed by atoms with van der Waals surface area (Å²) in [6.45, 7) is 5.82. The maximum atomic E-state index is 13.1. The molecule has 0 aliphatic carbocycles. The molecular weight excluding hydrogens is 423 g/mol. The quantitative estimate of drug-likeness (QED) is 0.547. The second-order valence-corrected chi connectivity index (χ2v) is 7.94. The monoisotopic (exact) mass is 450 g/mol. The van der Waals surface area contributed by atoms with E-state index in [1.54, 1.807) is 30.3 Å². The van der Waals surface area contributed by atoms with Gasteiger partial charge in [0.25, 0.3) is 5.91 Å². The Morgan fingerprint density at radius 1 is 1.07 bits per heavy atom. The summed E-state index contributed by atoms with van der Waals surface area (Å²) in [5.41, 5.74) is 0.769. The molecular formula is C23H28Cl2N2O3. The molecule has 2 atom stereocenters. The molecule has 7 heteroatoms. The lowest BCUT2D eigenvalue weighted by atomic mass is 10.1. The second-order valence-electron chi connectivity index (χ2n) is 7.10. The van der Waals surface area contributed by atoms with E-state index >= 15 is 0 Å². The van der Waals surface area contributed by atoms with Gasteiger partial charge in [-0.05, 0) is 49.6 Å². The fourth-order valence-electron chi connectivity index (χ4n) is 2.96. The molecule has 0 radical (unpaired) electrons. The number of benzene rings is 2. The summed E-state index contributed by atoms with van der Waals surface area (Å²) in [7, 11) is 0. The van der Waals surface area contributed by atoms with Gasteiger partial charge in [0.15, 0.2) is 6.61 Å². The van der Waals surface area contributed by atoms with Crippen LogP contribution in [0.4, 0.5) is 0 Å². The van der Waals surface area contributed by atoms with Crippen molar-refractivity contribution >= 4 is 35.0 Å². The van der Waals surface area contributed by atoms with Crippen molar-refractivity contribution in [1.29, 1.82) is 0 Å². The third-order valence-corrected chi connectivity index (χ3v) is 5.45. The largest absolute Gasteiger partial charge is 0.484 e. The van der Waals surface area contributed by atoms with Gasteiger partial charge in [-0.25, -0.2) is 0 Å². The minimum Gasteiger partial charge on any atom is -0.484 e.